The molecule has 1 aromatic heterocycles. The molecule has 1 unspecified atom stereocenters. The zero-order valence-corrected chi connectivity index (χ0v) is 15.6. The summed E-state index contributed by atoms with van der Waals surface area (Å²) < 4.78 is 16.4. The summed E-state index contributed by atoms with van der Waals surface area (Å²) in [6.07, 6.45) is 0. The highest BCUT2D eigenvalue weighted by atomic mass is 79.9. The van der Waals surface area contributed by atoms with Gasteiger partial charge in [0.15, 0.2) is 0 Å². The fraction of sp³-hybridized carbons (Fsp3) is 0.231. The number of rotatable bonds is 4. The van der Waals surface area contributed by atoms with Crippen LogP contribution in [0.3, 0.4) is 0 Å². The van der Waals surface area contributed by atoms with Gasteiger partial charge in [-0.2, -0.15) is 0 Å². The molecule has 0 aliphatic carbocycles. The van der Waals surface area contributed by atoms with Crippen molar-refractivity contribution in [3.8, 4) is 0 Å². The molecule has 1 nitrogen and oxygen atoms in total. The molecule has 0 spiro atoms. The van der Waals surface area contributed by atoms with E-state index < -0.39 is 0 Å². The van der Waals surface area contributed by atoms with Crippen LogP contribution in [0.15, 0.2) is 36.3 Å². The summed E-state index contributed by atoms with van der Waals surface area (Å²) >= 11 is 12.0. The van der Waals surface area contributed by atoms with Crippen LogP contribution in [0.2, 0.25) is 0 Å². The number of benzene rings is 1. The second-order valence-corrected chi connectivity index (χ2v) is 8.64. The Morgan fingerprint density at radius 2 is 1.95 bits per heavy atom. The number of halogens is 4. The van der Waals surface area contributed by atoms with Crippen molar-refractivity contribution in [1.29, 1.82) is 0 Å². The van der Waals surface area contributed by atoms with Gasteiger partial charge in [0.2, 0.25) is 0 Å². The Morgan fingerprint density at radius 3 is 2.47 bits per heavy atom. The maximum Gasteiger partial charge on any atom is 0.124 e. The lowest BCUT2D eigenvalue weighted by Gasteiger charge is -2.18. The number of nitrogens with one attached hydrogen (secondary N) is 1. The Labute approximate surface area is 141 Å². The average Bonchev–Trinajstić information content (AvgIpc) is 2.64. The third-order valence-corrected chi connectivity index (χ3v) is 5.46. The van der Waals surface area contributed by atoms with Crippen molar-refractivity contribution in [3.05, 3.63) is 53.3 Å². The van der Waals surface area contributed by atoms with E-state index in [1.807, 2.05) is 13.0 Å². The topological polar surface area (TPSA) is 12.0 Å². The second kappa shape index (κ2) is 6.80. The van der Waals surface area contributed by atoms with E-state index in [4.69, 9.17) is 0 Å². The first-order chi connectivity index (χ1) is 9.01. The van der Waals surface area contributed by atoms with Gasteiger partial charge in [-0.1, -0.05) is 22.9 Å². The number of hydrogen-bond donors (Lipinski definition) is 1. The van der Waals surface area contributed by atoms with Crippen LogP contribution in [0, 0.1) is 5.82 Å². The predicted octanol–water partition coefficient (Wildman–Crippen LogP) is 5.87. The quantitative estimate of drug-likeness (QED) is 0.587. The van der Waals surface area contributed by atoms with Crippen LogP contribution >= 0.6 is 59.1 Å². The van der Waals surface area contributed by atoms with E-state index in [1.54, 1.807) is 17.4 Å². The van der Waals surface area contributed by atoms with E-state index in [1.165, 1.54) is 6.07 Å². The minimum atomic E-state index is -0.238. The first-order valence-corrected chi connectivity index (χ1v) is 8.85. The molecule has 0 saturated heterocycles. The largest absolute Gasteiger partial charge is 0.306 e. The minimum Gasteiger partial charge on any atom is -0.306 e. The smallest absolute Gasteiger partial charge is 0.124 e. The summed E-state index contributed by atoms with van der Waals surface area (Å²) in [4.78, 5) is 0. The van der Waals surface area contributed by atoms with Crippen molar-refractivity contribution in [2.75, 3.05) is 6.54 Å². The molecule has 2 aromatic rings. The fourth-order valence-corrected chi connectivity index (χ4v) is 5.29. The Hall–Kier alpha value is 0.250. The first kappa shape index (κ1) is 15.6. The summed E-state index contributed by atoms with van der Waals surface area (Å²) in [5, 5.41) is 3.39. The van der Waals surface area contributed by atoms with Crippen LogP contribution in [-0.4, -0.2) is 6.54 Å². The molecule has 0 aliphatic rings. The monoisotopic (exact) mass is 469 g/mol. The molecule has 1 heterocycles. The lowest BCUT2D eigenvalue weighted by Crippen LogP contribution is -2.22. The third-order valence-electron chi connectivity index (χ3n) is 2.62. The normalized spacial score (nSPS) is 12.7. The van der Waals surface area contributed by atoms with Gasteiger partial charge >= 0.3 is 0 Å². The first-order valence-electron chi connectivity index (χ1n) is 5.65. The lowest BCUT2D eigenvalue weighted by molar-refractivity contribution is 0.602. The van der Waals surface area contributed by atoms with Crippen molar-refractivity contribution in [3.63, 3.8) is 0 Å². The van der Waals surface area contributed by atoms with Gasteiger partial charge in [0.05, 0.1) is 13.6 Å². The summed E-state index contributed by atoms with van der Waals surface area (Å²) in [7, 11) is 0. The highest BCUT2D eigenvalue weighted by Gasteiger charge is 2.19. The van der Waals surface area contributed by atoms with Crippen LogP contribution in [0.1, 0.15) is 24.1 Å². The van der Waals surface area contributed by atoms with Crippen LogP contribution < -0.4 is 5.32 Å². The van der Waals surface area contributed by atoms with Gasteiger partial charge in [-0.15, -0.1) is 11.3 Å². The molecule has 1 aromatic carbocycles. The van der Waals surface area contributed by atoms with Crippen LogP contribution in [0.5, 0.6) is 0 Å². The summed E-state index contributed by atoms with van der Waals surface area (Å²) in [5.74, 6) is -0.238. The van der Waals surface area contributed by atoms with Crippen LogP contribution in [-0.2, 0) is 0 Å². The zero-order valence-electron chi connectivity index (χ0n) is 10.0. The van der Waals surface area contributed by atoms with Crippen molar-refractivity contribution >= 4 is 59.1 Å². The molecule has 0 saturated carbocycles. The molecule has 1 N–H and O–H groups in total. The third kappa shape index (κ3) is 3.88. The van der Waals surface area contributed by atoms with Gasteiger partial charge in [-0.05, 0) is 73.8 Å². The lowest BCUT2D eigenvalue weighted by atomic mass is 10.0. The van der Waals surface area contributed by atoms with Crippen molar-refractivity contribution in [2.45, 2.75) is 13.0 Å². The van der Waals surface area contributed by atoms with Crippen molar-refractivity contribution in [2.24, 2.45) is 0 Å². The molecule has 2 rings (SSSR count). The fourth-order valence-electron chi connectivity index (χ4n) is 1.90. The Balaban J connectivity index is 2.47. The van der Waals surface area contributed by atoms with E-state index in [9.17, 15) is 4.39 Å². The predicted molar refractivity (Wildman–Crippen MR) is 89.3 cm³/mol. The molecule has 102 valence electrons. The maximum absolute atomic E-state index is 13.6. The van der Waals surface area contributed by atoms with E-state index in [0.29, 0.717) is 0 Å². The van der Waals surface area contributed by atoms with Gasteiger partial charge in [0, 0.05) is 4.47 Å². The van der Waals surface area contributed by atoms with Gasteiger partial charge in [-0.3, -0.25) is 0 Å². The van der Waals surface area contributed by atoms with E-state index >= 15 is 0 Å². The average molecular weight is 472 g/mol. The minimum absolute atomic E-state index is 0.0334. The summed E-state index contributed by atoms with van der Waals surface area (Å²) in [6.45, 7) is 2.84. The molecule has 0 amide bonds. The van der Waals surface area contributed by atoms with E-state index in [2.05, 4.69) is 59.2 Å². The zero-order chi connectivity index (χ0) is 14.0. The highest BCUT2D eigenvalue weighted by molar-refractivity contribution is 9.12. The molecular weight excluding hydrogens is 461 g/mol. The van der Waals surface area contributed by atoms with Crippen molar-refractivity contribution < 1.29 is 4.39 Å². The van der Waals surface area contributed by atoms with Crippen LogP contribution in [0.25, 0.3) is 0 Å². The molecule has 19 heavy (non-hydrogen) atoms. The number of hydrogen-bond acceptors (Lipinski definition) is 2. The Morgan fingerprint density at radius 1 is 1.21 bits per heavy atom. The molecule has 0 bridgehead atoms. The molecule has 0 radical (unpaired) electrons. The maximum atomic E-state index is 13.6. The molecular formula is C13H11Br3FNS. The van der Waals surface area contributed by atoms with Gasteiger partial charge in [0.1, 0.15) is 5.82 Å². The van der Waals surface area contributed by atoms with E-state index in [-0.39, 0.29) is 11.9 Å². The van der Waals surface area contributed by atoms with Gasteiger partial charge < -0.3 is 5.32 Å². The SMILES string of the molecule is CCNC(c1cc(F)cc(Br)c1)c1cc(Br)sc1Br. The Kier molecular flexibility index (Phi) is 5.60. The Bertz CT molecular complexity index is 565. The molecule has 1 atom stereocenters. The molecule has 6 heteroatoms. The van der Waals surface area contributed by atoms with Crippen molar-refractivity contribution in [1.82, 2.24) is 5.32 Å². The van der Waals surface area contributed by atoms with Gasteiger partial charge in [0.25, 0.3) is 0 Å². The molecule has 0 aliphatic heterocycles. The summed E-state index contributed by atoms with van der Waals surface area (Å²) in [5.41, 5.74) is 2.01. The summed E-state index contributed by atoms with van der Waals surface area (Å²) in [6, 6.07) is 6.99. The van der Waals surface area contributed by atoms with Crippen LogP contribution in [0.4, 0.5) is 4.39 Å². The van der Waals surface area contributed by atoms with E-state index in [0.717, 1.165) is 29.7 Å². The van der Waals surface area contributed by atoms with Gasteiger partial charge in [-0.25, -0.2) is 4.39 Å². The molecule has 0 fully saturated rings. The second-order valence-electron chi connectivity index (χ2n) is 3.97. The standard InChI is InChI=1S/C13H11Br3FNS/c1-2-18-12(10-6-11(15)19-13(10)16)7-3-8(14)5-9(17)4-7/h3-6,12,18H,2H2,1H3. The highest BCUT2D eigenvalue weighted by Crippen LogP contribution is 2.38. The number of thiophene rings is 1.